The van der Waals surface area contributed by atoms with Crippen LogP contribution < -0.4 is 0 Å². The molecule has 1 unspecified atom stereocenters. The molecule has 0 spiro atoms. The number of rotatable bonds is 7. The van der Waals surface area contributed by atoms with Gasteiger partial charge in [0.15, 0.2) is 0 Å². The molecular weight excluding hydrogens is 252 g/mol. The fraction of sp³-hybridized carbons (Fsp3) is 0.500. The van der Waals surface area contributed by atoms with Crippen LogP contribution in [0.2, 0.25) is 0 Å². The van der Waals surface area contributed by atoms with Gasteiger partial charge in [-0.15, -0.1) is 0 Å². The van der Waals surface area contributed by atoms with E-state index in [9.17, 15) is 13.6 Å². The van der Waals surface area contributed by atoms with E-state index in [1.807, 2.05) is 18.7 Å². The molecule has 0 amide bonds. The van der Waals surface area contributed by atoms with Crippen molar-refractivity contribution >= 4 is 5.97 Å². The second-order valence-electron chi connectivity index (χ2n) is 4.41. The molecule has 3 nitrogen and oxygen atoms in total. The highest BCUT2D eigenvalue weighted by Gasteiger charge is 2.21. The first-order chi connectivity index (χ1) is 8.97. The normalized spacial score (nSPS) is 12.7. The molecule has 0 fully saturated rings. The highest BCUT2D eigenvalue weighted by molar-refractivity contribution is 5.67. The maximum absolute atomic E-state index is 13.6. The van der Waals surface area contributed by atoms with Crippen LogP contribution >= 0.6 is 0 Å². The molecule has 0 aromatic heterocycles. The van der Waals surface area contributed by atoms with E-state index in [1.165, 1.54) is 0 Å². The monoisotopic (exact) mass is 271 g/mol. The topological polar surface area (TPSA) is 40.5 Å². The lowest BCUT2D eigenvalue weighted by Gasteiger charge is -2.28. The lowest BCUT2D eigenvalue weighted by Crippen LogP contribution is -2.38. The van der Waals surface area contributed by atoms with Crippen LogP contribution in [0.25, 0.3) is 0 Å². The second-order valence-corrected chi connectivity index (χ2v) is 4.41. The molecule has 19 heavy (non-hydrogen) atoms. The van der Waals surface area contributed by atoms with E-state index in [-0.39, 0.29) is 24.4 Å². The van der Waals surface area contributed by atoms with Crippen molar-refractivity contribution in [1.29, 1.82) is 0 Å². The quantitative estimate of drug-likeness (QED) is 0.829. The number of halogens is 2. The Hall–Kier alpha value is -1.49. The van der Waals surface area contributed by atoms with Gasteiger partial charge in [0.1, 0.15) is 11.6 Å². The minimum absolute atomic E-state index is 0.0857. The van der Waals surface area contributed by atoms with Crippen molar-refractivity contribution in [3.63, 3.8) is 0 Å². The lowest BCUT2D eigenvalue weighted by atomic mass is 10.0. The molecule has 0 aliphatic rings. The average molecular weight is 271 g/mol. The zero-order valence-corrected chi connectivity index (χ0v) is 11.2. The van der Waals surface area contributed by atoms with Crippen LogP contribution in [0, 0.1) is 11.6 Å². The van der Waals surface area contributed by atoms with E-state index in [0.717, 1.165) is 18.2 Å². The zero-order chi connectivity index (χ0) is 14.4. The Kier molecular flexibility index (Phi) is 5.89. The van der Waals surface area contributed by atoms with Crippen LogP contribution in [-0.2, 0) is 11.2 Å². The molecule has 106 valence electrons. The Morgan fingerprint density at radius 3 is 2.47 bits per heavy atom. The predicted octanol–water partition coefficient (Wildman–Crippen LogP) is 2.69. The zero-order valence-electron chi connectivity index (χ0n) is 11.2. The van der Waals surface area contributed by atoms with E-state index in [2.05, 4.69) is 0 Å². The summed E-state index contributed by atoms with van der Waals surface area (Å²) in [5.74, 6) is -1.94. The Labute approximate surface area is 111 Å². The van der Waals surface area contributed by atoms with E-state index in [0.29, 0.717) is 13.1 Å². The number of carboxylic acids is 1. The maximum atomic E-state index is 13.6. The molecule has 0 saturated heterocycles. The van der Waals surface area contributed by atoms with E-state index in [1.54, 1.807) is 0 Å². The van der Waals surface area contributed by atoms with Crippen LogP contribution in [0.5, 0.6) is 0 Å². The average Bonchev–Trinajstić information content (AvgIpc) is 2.34. The highest BCUT2D eigenvalue weighted by Crippen LogP contribution is 2.16. The molecule has 1 N–H and O–H groups in total. The van der Waals surface area contributed by atoms with Gasteiger partial charge in [-0.1, -0.05) is 13.8 Å². The molecule has 0 heterocycles. The summed E-state index contributed by atoms with van der Waals surface area (Å²) in [6, 6.07) is 2.93. The van der Waals surface area contributed by atoms with Crippen molar-refractivity contribution < 1.29 is 18.7 Å². The van der Waals surface area contributed by atoms with Crippen LogP contribution in [-0.4, -0.2) is 35.1 Å². The standard InChI is InChI=1S/C14H19F2NO2/c1-3-17(4-2)12(9-14(18)19)8-10-7-11(15)5-6-13(10)16/h5-7,12H,3-4,8-9H2,1-2H3,(H,18,19). The fourth-order valence-electron chi connectivity index (χ4n) is 2.23. The van der Waals surface area contributed by atoms with Crippen molar-refractivity contribution in [2.75, 3.05) is 13.1 Å². The summed E-state index contributed by atoms with van der Waals surface area (Å²) in [6.07, 6.45) is 0.106. The highest BCUT2D eigenvalue weighted by atomic mass is 19.1. The third-order valence-electron chi connectivity index (χ3n) is 3.20. The number of carbonyl (C=O) groups is 1. The Morgan fingerprint density at radius 2 is 1.95 bits per heavy atom. The molecule has 0 saturated carbocycles. The largest absolute Gasteiger partial charge is 0.481 e. The van der Waals surface area contributed by atoms with E-state index >= 15 is 0 Å². The second kappa shape index (κ2) is 7.19. The number of aliphatic carboxylic acids is 1. The van der Waals surface area contributed by atoms with Gasteiger partial charge in [0, 0.05) is 6.04 Å². The van der Waals surface area contributed by atoms with Crippen LogP contribution in [0.4, 0.5) is 8.78 Å². The number of hydrogen-bond donors (Lipinski definition) is 1. The SMILES string of the molecule is CCN(CC)C(CC(=O)O)Cc1cc(F)ccc1F. The number of nitrogens with zero attached hydrogens (tertiary/aromatic N) is 1. The molecule has 1 aromatic rings. The summed E-state index contributed by atoms with van der Waals surface area (Å²) in [4.78, 5) is 12.8. The summed E-state index contributed by atoms with van der Waals surface area (Å²) in [6.45, 7) is 5.18. The van der Waals surface area contributed by atoms with Gasteiger partial charge in [0.25, 0.3) is 0 Å². The molecule has 0 aliphatic heterocycles. The summed E-state index contributed by atoms with van der Waals surface area (Å²) in [5, 5.41) is 8.93. The third-order valence-corrected chi connectivity index (χ3v) is 3.20. The smallest absolute Gasteiger partial charge is 0.304 e. The maximum Gasteiger partial charge on any atom is 0.304 e. The first-order valence-corrected chi connectivity index (χ1v) is 6.37. The van der Waals surface area contributed by atoms with Gasteiger partial charge in [0.2, 0.25) is 0 Å². The van der Waals surface area contributed by atoms with Gasteiger partial charge < -0.3 is 10.0 Å². The molecule has 1 aromatic carbocycles. The van der Waals surface area contributed by atoms with Crippen molar-refractivity contribution in [2.45, 2.75) is 32.7 Å². The lowest BCUT2D eigenvalue weighted by molar-refractivity contribution is -0.138. The van der Waals surface area contributed by atoms with Crippen LogP contribution in [0.3, 0.4) is 0 Å². The third kappa shape index (κ3) is 4.59. The molecule has 0 bridgehead atoms. The molecule has 1 atom stereocenters. The fourth-order valence-corrected chi connectivity index (χ4v) is 2.23. The Bertz CT molecular complexity index is 433. The molecular formula is C14H19F2NO2. The summed E-state index contributed by atoms with van der Waals surface area (Å²) >= 11 is 0. The predicted molar refractivity (Wildman–Crippen MR) is 69.0 cm³/mol. The number of hydrogen-bond acceptors (Lipinski definition) is 2. The summed E-state index contributed by atoms with van der Waals surface area (Å²) < 4.78 is 26.7. The van der Waals surface area contributed by atoms with Gasteiger partial charge in [-0.25, -0.2) is 8.78 Å². The van der Waals surface area contributed by atoms with Gasteiger partial charge in [-0.3, -0.25) is 4.79 Å². The van der Waals surface area contributed by atoms with Crippen molar-refractivity contribution in [2.24, 2.45) is 0 Å². The number of likely N-dealkylation sites (N-methyl/N-ethyl adjacent to an activating group) is 1. The first kappa shape index (κ1) is 15.6. The van der Waals surface area contributed by atoms with Crippen molar-refractivity contribution in [1.82, 2.24) is 4.90 Å². The van der Waals surface area contributed by atoms with Gasteiger partial charge in [-0.2, -0.15) is 0 Å². The Balaban J connectivity index is 2.92. The van der Waals surface area contributed by atoms with Gasteiger partial charge in [-0.05, 0) is 43.3 Å². The van der Waals surface area contributed by atoms with Crippen molar-refractivity contribution in [3.8, 4) is 0 Å². The minimum Gasteiger partial charge on any atom is -0.481 e. The van der Waals surface area contributed by atoms with E-state index in [4.69, 9.17) is 5.11 Å². The first-order valence-electron chi connectivity index (χ1n) is 6.37. The summed E-state index contributed by atoms with van der Waals surface area (Å²) in [5.41, 5.74) is 0.221. The number of benzene rings is 1. The number of carboxylic acid groups (broad SMARTS) is 1. The van der Waals surface area contributed by atoms with Crippen LogP contribution in [0.1, 0.15) is 25.8 Å². The van der Waals surface area contributed by atoms with Gasteiger partial charge in [0.05, 0.1) is 6.42 Å². The molecule has 0 radical (unpaired) electrons. The van der Waals surface area contributed by atoms with Crippen LogP contribution in [0.15, 0.2) is 18.2 Å². The molecule has 0 aliphatic carbocycles. The minimum atomic E-state index is -0.936. The molecule has 5 heteroatoms. The summed E-state index contributed by atoms with van der Waals surface area (Å²) in [7, 11) is 0. The Morgan fingerprint density at radius 1 is 1.32 bits per heavy atom. The van der Waals surface area contributed by atoms with E-state index < -0.39 is 17.6 Å². The molecule has 1 rings (SSSR count). The van der Waals surface area contributed by atoms with Crippen molar-refractivity contribution in [3.05, 3.63) is 35.4 Å². The van der Waals surface area contributed by atoms with Gasteiger partial charge >= 0.3 is 5.97 Å².